The van der Waals surface area contributed by atoms with Crippen LogP contribution in [0.1, 0.15) is 62.8 Å². The molecule has 8 heteroatoms. The van der Waals surface area contributed by atoms with Crippen molar-refractivity contribution in [1.29, 1.82) is 5.26 Å². The van der Waals surface area contributed by atoms with Crippen molar-refractivity contribution in [3.05, 3.63) is 20.8 Å². The third kappa shape index (κ3) is 4.15. The van der Waals surface area contributed by atoms with E-state index >= 15 is 0 Å². The summed E-state index contributed by atoms with van der Waals surface area (Å²) in [7, 11) is 0. The highest BCUT2D eigenvalue weighted by atomic mass is 32.2. The molecule has 2 aromatic heterocycles. The molecule has 4 rings (SSSR count). The molecule has 0 aromatic carbocycles. The summed E-state index contributed by atoms with van der Waals surface area (Å²) in [6.45, 7) is 4.57. The molecule has 2 aliphatic carbocycles. The van der Waals surface area contributed by atoms with Crippen LogP contribution in [-0.2, 0) is 24.2 Å². The van der Waals surface area contributed by atoms with E-state index in [-0.39, 0.29) is 23.1 Å². The van der Waals surface area contributed by atoms with Crippen LogP contribution in [0.5, 0.6) is 0 Å². The second-order valence-electron chi connectivity index (χ2n) is 8.52. The van der Waals surface area contributed by atoms with Gasteiger partial charge < -0.3 is 5.32 Å². The number of hydrogen-bond donors (Lipinski definition) is 1. The molecular formula is C22H28N4O2S2. The minimum Gasteiger partial charge on any atom is -0.337 e. The van der Waals surface area contributed by atoms with E-state index in [1.54, 1.807) is 22.8 Å². The number of nitriles is 1. The summed E-state index contributed by atoms with van der Waals surface area (Å²) in [4.78, 5) is 32.8. The predicted molar refractivity (Wildman–Crippen MR) is 121 cm³/mol. The molecule has 0 saturated heterocycles. The number of aromatic nitrogens is 2. The summed E-state index contributed by atoms with van der Waals surface area (Å²) in [6, 6.07) is 2.26. The Morgan fingerprint density at radius 2 is 2.20 bits per heavy atom. The first kappa shape index (κ1) is 21.4. The van der Waals surface area contributed by atoms with E-state index in [9.17, 15) is 14.9 Å². The quantitative estimate of drug-likeness (QED) is 0.358. The molecule has 2 aliphatic rings. The smallest absolute Gasteiger partial charge is 0.263 e. The Kier molecular flexibility index (Phi) is 6.21. The molecule has 6 nitrogen and oxygen atoms in total. The average Bonchev–Trinajstić information content (AvgIpc) is 3.40. The summed E-state index contributed by atoms with van der Waals surface area (Å²) in [6.07, 6.45) is 8.13. The number of hydrogen-bond acceptors (Lipinski definition) is 6. The molecule has 0 aliphatic heterocycles. The molecule has 30 heavy (non-hydrogen) atoms. The molecule has 0 radical (unpaired) electrons. The number of nitrogens with zero attached hydrogens (tertiary/aromatic N) is 3. The molecular weight excluding hydrogens is 416 g/mol. The third-order valence-corrected chi connectivity index (χ3v) is 8.29. The van der Waals surface area contributed by atoms with Gasteiger partial charge in [-0.2, -0.15) is 5.26 Å². The van der Waals surface area contributed by atoms with E-state index in [2.05, 4.69) is 18.3 Å². The standard InChI is InChI=1S/C22H28N4O2S2/c1-3-4-5-11-26-20(28)18-15-7-6-8-16(15)30-19(18)24-21(26)29-12-17(27)25-22(2,13-23)14-9-10-14/h14H,3-12H2,1-2H3,(H,25,27). The van der Waals surface area contributed by atoms with Gasteiger partial charge in [0.05, 0.1) is 17.2 Å². The number of aryl methyl sites for hydroxylation is 2. The molecule has 2 aromatic rings. The van der Waals surface area contributed by atoms with Crippen LogP contribution in [0.3, 0.4) is 0 Å². The molecule has 160 valence electrons. The second-order valence-corrected chi connectivity index (χ2v) is 10.5. The highest BCUT2D eigenvalue weighted by Gasteiger charge is 2.43. The lowest BCUT2D eigenvalue weighted by Crippen LogP contribution is -2.47. The number of unbranched alkanes of at least 4 members (excludes halogenated alkanes) is 2. The molecule has 1 unspecified atom stereocenters. The molecule has 1 N–H and O–H groups in total. The summed E-state index contributed by atoms with van der Waals surface area (Å²) in [5, 5.41) is 13.8. The van der Waals surface area contributed by atoms with E-state index in [1.165, 1.54) is 22.2 Å². The zero-order valence-electron chi connectivity index (χ0n) is 17.6. The van der Waals surface area contributed by atoms with Gasteiger partial charge in [0.1, 0.15) is 10.4 Å². The SMILES string of the molecule is CCCCCn1c(SCC(=O)NC(C)(C#N)C2CC2)nc2sc3c(c2c1=O)CCC3. The fourth-order valence-electron chi connectivity index (χ4n) is 4.22. The first-order valence-electron chi connectivity index (χ1n) is 10.9. The number of thiophene rings is 1. The Morgan fingerprint density at radius 3 is 2.90 bits per heavy atom. The monoisotopic (exact) mass is 444 g/mol. The summed E-state index contributed by atoms with van der Waals surface area (Å²) in [5.41, 5.74) is 0.434. The topological polar surface area (TPSA) is 87.8 Å². The van der Waals surface area contributed by atoms with Gasteiger partial charge in [-0.1, -0.05) is 31.5 Å². The van der Waals surface area contributed by atoms with Crippen LogP contribution in [0.2, 0.25) is 0 Å². The average molecular weight is 445 g/mol. The summed E-state index contributed by atoms with van der Waals surface area (Å²) in [5.74, 6) is 0.214. The second kappa shape index (κ2) is 8.72. The minimum absolute atomic E-state index is 0.0401. The van der Waals surface area contributed by atoms with E-state index in [0.29, 0.717) is 11.7 Å². The zero-order valence-corrected chi connectivity index (χ0v) is 19.3. The van der Waals surface area contributed by atoms with Crippen LogP contribution in [0.4, 0.5) is 0 Å². The fraction of sp³-hybridized carbons (Fsp3) is 0.636. The van der Waals surface area contributed by atoms with Crippen molar-refractivity contribution in [2.24, 2.45) is 5.92 Å². The maximum Gasteiger partial charge on any atom is 0.263 e. The van der Waals surface area contributed by atoms with E-state index < -0.39 is 5.54 Å². The lowest BCUT2D eigenvalue weighted by molar-refractivity contribution is -0.119. The number of carbonyl (C=O) groups is 1. The Labute approximate surface area is 185 Å². The van der Waals surface area contributed by atoms with E-state index in [0.717, 1.165) is 61.6 Å². The molecule has 1 saturated carbocycles. The Morgan fingerprint density at radius 1 is 1.40 bits per heavy atom. The largest absolute Gasteiger partial charge is 0.337 e. The van der Waals surface area contributed by atoms with Crippen LogP contribution >= 0.6 is 23.1 Å². The number of rotatable bonds is 9. The van der Waals surface area contributed by atoms with Gasteiger partial charge in [0.2, 0.25) is 5.91 Å². The number of amides is 1. The van der Waals surface area contributed by atoms with Crippen molar-refractivity contribution in [2.45, 2.75) is 82.5 Å². The predicted octanol–water partition coefficient (Wildman–Crippen LogP) is 4.04. The first-order valence-corrected chi connectivity index (χ1v) is 12.7. The van der Waals surface area contributed by atoms with Crippen molar-refractivity contribution >= 4 is 39.2 Å². The fourth-order valence-corrected chi connectivity index (χ4v) is 6.35. The van der Waals surface area contributed by atoms with Gasteiger partial charge in [0.25, 0.3) is 5.56 Å². The molecule has 0 spiro atoms. The Bertz CT molecular complexity index is 1060. The Hall–Kier alpha value is -1.85. The summed E-state index contributed by atoms with van der Waals surface area (Å²) >= 11 is 2.93. The van der Waals surface area contributed by atoms with Gasteiger partial charge in [0, 0.05) is 11.4 Å². The van der Waals surface area contributed by atoms with Crippen molar-refractivity contribution in [3.63, 3.8) is 0 Å². The Balaban J connectivity index is 1.57. The van der Waals surface area contributed by atoms with Crippen LogP contribution in [0.25, 0.3) is 10.2 Å². The third-order valence-electron chi connectivity index (χ3n) is 6.13. The summed E-state index contributed by atoms with van der Waals surface area (Å²) < 4.78 is 1.77. The van der Waals surface area contributed by atoms with Gasteiger partial charge >= 0.3 is 0 Å². The highest BCUT2D eigenvalue weighted by molar-refractivity contribution is 7.99. The maximum atomic E-state index is 13.4. The van der Waals surface area contributed by atoms with Crippen LogP contribution in [-0.4, -0.2) is 26.8 Å². The normalized spacial score (nSPS) is 17.5. The van der Waals surface area contributed by atoms with Crippen molar-refractivity contribution in [3.8, 4) is 6.07 Å². The van der Waals surface area contributed by atoms with Crippen LogP contribution in [0.15, 0.2) is 9.95 Å². The highest BCUT2D eigenvalue weighted by Crippen LogP contribution is 2.39. The molecule has 1 fully saturated rings. The van der Waals surface area contributed by atoms with Crippen molar-refractivity contribution in [1.82, 2.24) is 14.9 Å². The van der Waals surface area contributed by atoms with Crippen molar-refractivity contribution < 1.29 is 4.79 Å². The molecule has 0 bridgehead atoms. The maximum absolute atomic E-state index is 13.4. The number of thioether (sulfide) groups is 1. The first-order chi connectivity index (χ1) is 14.5. The van der Waals surface area contributed by atoms with Gasteiger partial charge in [-0.25, -0.2) is 4.98 Å². The van der Waals surface area contributed by atoms with E-state index in [4.69, 9.17) is 4.98 Å². The zero-order chi connectivity index (χ0) is 21.3. The van der Waals surface area contributed by atoms with Gasteiger partial charge in [0.15, 0.2) is 5.16 Å². The lowest BCUT2D eigenvalue weighted by Gasteiger charge is -2.22. The molecule has 2 heterocycles. The van der Waals surface area contributed by atoms with Crippen LogP contribution < -0.4 is 10.9 Å². The van der Waals surface area contributed by atoms with Gasteiger partial charge in [-0.15, -0.1) is 11.3 Å². The van der Waals surface area contributed by atoms with Crippen LogP contribution in [0, 0.1) is 17.2 Å². The number of carbonyl (C=O) groups excluding carboxylic acids is 1. The molecule has 1 atom stereocenters. The van der Waals surface area contributed by atoms with E-state index in [1.807, 2.05) is 0 Å². The minimum atomic E-state index is -0.801. The molecule has 1 amide bonds. The lowest BCUT2D eigenvalue weighted by atomic mass is 9.98. The number of fused-ring (bicyclic) bond motifs is 3. The van der Waals surface area contributed by atoms with Gasteiger partial charge in [-0.05, 0) is 56.9 Å². The number of nitrogens with one attached hydrogen (secondary N) is 1. The van der Waals surface area contributed by atoms with Crippen molar-refractivity contribution in [2.75, 3.05) is 5.75 Å². The van der Waals surface area contributed by atoms with Gasteiger partial charge in [-0.3, -0.25) is 14.2 Å².